The number of amides is 2. The SMILES string of the molecule is CC(C)(C)OC(=O)Nc1ccc(F)cc1NC(=O)CSc1nnnn1C1CC1. The molecule has 11 heteroatoms. The van der Waals surface area contributed by atoms with Crippen LogP contribution in [0.15, 0.2) is 23.4 Å². The van der Waals surface area contributed by atoms with Gasteiger partial charge in [0, 0.05) is 0 Å². The molecule has 0 spiro atoms. The van der Waals surface area contributed by atoms with E-state index in [2.05, 4.69) is 26.2 Å². The molecule has 0 bridgehead atoms. The number of hydrogen-bond acceptors (Lipinski definition) is 7. The first-order valence-corrected chi connectivity index (χ1v) is 9.70. The third-order valence-corrected chi connectivity index (χ3v) is 4.51. The second-order valence-corrected chi connectivity index (χ2v) is 8.23. The molecule has 2 amide bonds. The number of aromatic nitrogens is 4. The molecule has 1 fully saturated rings. The summed E-state index contributed by atoms with van der Waals surface area (Å²) in [5.41, 5.74) is -0.314. The van der Waals surface area contributed by atoms with Crippen LogP contribution in [-0.4, -0.2) is 43.6 Å². The van der Waals surface area contributed by atoms with Crippen molar-refractivity contribution in [1.82, 2.24) is 20.2 Å². The highest BCUT2D eigenvalue weighted by Gasteiger charge is 2.28. The lowest BCUT2D eigenvalue weighted by Gasteiger charge is -2.20. The summed E-state index contributed by atoms with van der Waals surface area (Å²) in [4.78, 5) is 24.3. The molecule has 28 heavy (non-hydrogen) atoms. The van der Waals surface area contributed by atoms with Gasteiger partial charge >= 0.3 is 6.09 Å². The highest BCUT2D eigenvalue weighted by molar-refractivity contribution is 7.99. The van der Waals surface area contributed by atoms with Gasteiger partial charge < -0.3 is 10.1 Å². The number of thioether (sulfide) groups is 1. The predicted molar refractivity (Wildman–Crippen MR) is 102 cm³/mol. The summed E-state index contributed by atoms with van der Waals surface area (Å²) in [6.07, 6.45) is 1.34. The van der Waals surface area contributed by atoms with E-state index in [1.54, 1.807) is 25.5 Å². The molecule has 1 aromatic heterocycles. The van der Waals surface area contributed by atoms with E-state index >= 15 is 0 Å². The van der Waals surface area contributed by atoms with E-state index in [9.17, 15) is 14.0 Å². The molecule has 0 saturated heterocycles. The van der Waals surface area contributed by atoms with Crippen molar-refractivity contribution in [3.63, 3.8) is 0 Å². The Hall–Kier alpha value is -2.69. The molecule has 0 aliphatic heterocycles. The van der Waals surface area contributed by atoms with E-state index in [0.29, 0.717) is 11.2 Å². The molecule has 1 aliphatic carbocycles. The molecule has 1 heterocycles. The number of carbonyl (C=O) groups excluding carboxylic acids is 2. The standard InChI is InChI=1S/C17H21FN6O3S/c1-17(2,3)27-16(26)20-12-7-4-10(18)8-13(12)19-14(25)9-28-15-21-22-23-24(15)11-5-6-11/h4,7-8,11H,5-6,9H2,1-3H3,(H,19,25)(H,20,26). The Labute approximate surface area is 165 Å². The van der Waals surface area contributed by atoms with Gasteiger partial charge in [0.05, 0.1) is 23.2 Å². The number of nitrogens with one attached hydrogen (secondary N) is 2. The minimum atomic E-state index is -0.701. The summed E-state index contributed by atoms with van der Waals surface area (Å²) in [7, 11) is 0. The van der Waals surface area contributed by atoms with Crippen molar-refractivity contribution in [3.05, 3.63) is 24.0 Å². The van der Waals surface area contributed by atoms with Gasteiger partial charge in [-0.1, -0.05) is 11.8 Å². The van der Waals surface area contributed by atoms with E-state index in [0.717, 1.165) is 18.9 Å². The Morgan fingerprint density at radius 1 is 1.29 bits per heavy atom. The van der Waals surface area contributed by atoms with Crippen molar-refractivity contribution in [2.45, 2.75) is 50.4 Å². The van der Waals surface area contributed by atoms with Gasteiger partial charge in [-0.05, 0) is 62.2 Å². The minimum Gasteiger partial charge on any atom is -0.444 e. The molecular weight excluding hydrogens is 387 g/mol. The summed E-state index contributed by atoms with van der Waals surface area (Å²) in [6.45, 7) is 5.19. The lowest BCUT2D eigenvalue weighted by atomic mass is 10.2. The Morgan fingerprint density at radius 3 is 2.71 bits per heavy atom. The number of nitrogens with zero attached hydrogens (tertiary/aromatic N) is 4. The molecule has 1 aromatic carbocycles. The Kier molecular flexibility index (Phi) is 5.82. The van der Waals surface area contributed by atoms with Crippen LogP contribution in [0.5, 0.6) is 0 Å². The average molecular weight is 408 g/mol. The predicted octanol–water partition coefficient (Wildman–Crippen LogP) is 3.22. The van der Waals surface area contributed by atoms with Crippen LogP contribution in [0.1, 0.15) is 39.7 Å². The molecule has 0 atom stereocenters. The quantitative estimate of drug-likeness (QED) is 0.706. The number of ether oxygens (including phenoxy) is 1. The number of halogens is 1. The van der Waals surface area contributed by atoms with Crippen LogP contribution in [0, 0.1) is 5.82 Å². The number of carbonyl (C=O) groups is 2. The number of hydrogen-bond donors (Lipinski definition) is 2. The molecule has 2 N–H and O–H groups in total. The maximum atomic E-state index is 13.6. The van der Waals surface area contributed by atoms with Gasteiger partial charge in [0.1, 0.15) is 11.4 Å². The summed E-state index contributed by atoms with van der Waals surface area (Å²) in [5, 5.41) is 17.1. The fourth-order valence-electron chi connectivity index (χ4n) is 2.29. The smallest absolute Gasteiger partial charge is 0.412 e. The van der Waals surface area contributed by atoms with E-state index in [-0.39, 0.29) is 23.0 Å². The highest BCUT2D eigenvalue weighted by atomic mass is 32.2. The van der Waals surface area contributed by atoms with Crippen LogP contribution in [0.3, 0.4) is 0 Å². The van der Waals surface area contributed by atoms with E-state index in [1.807, 2.05) is 0 Å². The van der Waals surface area contributed by atoms with Crippen molar-refractivity contribution < 1.29 is 18.7 Å². The van der Waals surface area contributed by atoms with Crippen LogP contribution in [0.2, 0.25) is 0 Å². The number of anilines is 2. The zero-order valence-electron chi connectivity index (χ0n) is 15.7. The second-order valence-electron chi connectivity index (χ2n) is 7.29. The van der Waals surface area contributed by atoms with Crippen molar-refractivity contribution in [2.75, 3.05) is 16.4 Å². The molecule has 2 aromatic rings. The van der Waals surface area contributed by atoms with Gasteiger partial charge in [-0.15, -0.1) is 5.10 Å². The van der Waals surface area contributed by atoms with Crippen molar-refractivity contribution >= 4 is 35.1 Å². The molecule has 150 valence electrons. The Bertz CT molecular complexity index is 878. The molecule has 0 unspecified atom stereocenters. The average Bonchev–Trinajstić information content (AvgIpc) is 3.32. The fraction of sp³-hybridized carbons (Fsp3) is 0.471. The molecule has 1 aliphatic rings. The molecule has 1 saturated carbocycles. The lowest BCUT2D eigenvalue weighted by Crippen LogP contribution is -2.27. The van der Waals surface area contributed by atoms with Crippen LogP contribution >= 0.6 is 11.8 Å². The van der Waals surface area contributed by atoms with Crippen LogP contribution < -0.4 is 10.6 Å². The largest absolute Gasteiger partial charge is 0.444 e. The van der Waals surface area contributed by atoms with Crippen molar-refractivity contribution in [2.24, 2.45) is 0 Å². The van der Waals surface area contributed by atoms with Crippen LogP contribution in [-0.2, 0) is 9.53 Å². The van der Waals surface area contributed by atoms with Gasteiger partial charge in [0.2, 0.25) is 11.1 Å². The fourth-order valence-corrected chi connectivity index (χ4v) is 3.03. The van der Waals surface area contributed by atoms with Gasteiger partial charge in [0.15, 0.2) is 0 Å². The molecular formula is C17H21FN6O3S. The minimum absolute atomic E-state index is 0.0372. The normalized spacial score (nSPS) is 13.9. The summed E-state index contributed by atoms with van der Waals surface area (Å²) in [5.74, 6) is -0.890. The third kappa shape index (κ3) is 5.65. The maximum absolute atomic E-state index is 13.6. The first kappa shape index (κ1) is 20.1. The van der Waals surface area contributed by atoms with E-state index in [4.69, 9.17) is 4.74 Å². The zero-order valence-corrected chi connectivity index (χ0v) is 16.5. The summed E-state index contributed by atoms with van der Waals surface area (Å²) >= 11 is 1.19. The van der Waals surface area contributed by atoms with Gasteiger partial charge in [-0.3, -0.25) is 10.1 Å². The van der Waals surface area contributed by atoms with Crippen molar-refractivity contribution in [3.8, 4) is 0 Å². The first-order valence-electron chi connectivity index (χ1n) is 8.71. The molecule has 9 nitrogen and oxygen atoms in total. The van der Waals surface area contributed by atoms with E-state index < -0.39 is 17.5 Å². The second kappa shape index (κ2) is 8.13. The topological polar surface area (TPSA) is 111 Å². The lowest BCUT2D eigenvalue weighted by molar-refractivity contribution is -0.113. The Morgan fingerprint density at radius 2 is 2.04 bits per heavy atom. The van der Waals surface area contributed by atoms with Crippen molar-refractivity contribution in [1.29, 1.82) is 0 Å². The molecule has 3 rings (SSSR count). The van der Waals surface area contributed by atoms with Gasteiger partial charge in [-0.2, -0.15) is 0 Å². The monoisotopic (exact) mass is 408 g/mol. The van der Waals surface area contributed by atoms with Gasteiger partial charge in [0.25, 0.3) is 0 Å². The van der Waals surface area contributed by atoms with E-state index in [1.165, 1.54) is 23.9 Å². The Balaban J connectivity index is 1.62. The number of benzene rings is 1. The summed E-state index contributed by atoms with van der Waals surface area (Å²) in [6, 6.07) is 3.97. The van der Waals surface area contributed by atoms with Crippen LogP contribution in [0.25, 0.3) is 0 Å². The highest BCUT2D eigenvalue weighted by Crippen LogP contribution is 2.36. The summed E-state index contributed by atoms with van der Waals surface area (Å²) < 4.78 is 20.5. The number of rotatable bonds is 6. The van der Waals surface area contributed by atoms with Crippen LogP contribution in [0.4, 0.5) is 20.6 Å². The van der Waals surface area contributed by atoms with Gasteiger partial charge in [-0.25, -0.2) is 13.9 Å². The first-order chi connectivity index (χ1) is 13.2. The third-order valence-electron chi connectivity index (χ3n) is 3.58. The number of tetrazole rings is 1. The maximum Gasteiger partial charge on any atom is 0.412 e. The zero-order chi connectivity index (χ0) is 20.3. The molecule has 0 radical (unpaired) electrons.